The number of amides is 1. The first-order chi connectivity index (χ1) is 5.18. The lowest BCUT2D eigenvalue weighted by Crippen LogP contribution is -2.38. The van der Waals surface area contributed by atoms with Crippen LogP contribution in [0.25, 0.3) is 0 Å². The third-order valence-electron chi connectivity index (χ3n) is 1.21. The number of carbonyl (C=O) groups excluding carboxylic acids is 1. The fourth-order valence-electron chi connectivity index (χ4n) is 0.563. The van der Waals surface area contributed by atoms with Crippen LogP contribution in [0.2, 0.25) is 0 Å². The second-order valence-electron chi connectivity index (χ2n) is 2.39. The van der Waals surface area contributed by atoms with Crippen LogP contribution in [0, 0.1) is 12.3 Å². The van der Waals surface area contributed by atoms with Gasteiger partial charge in [-0.2, -0.15) is 0 Å². The molecule has 0 saturated heterocycles. The zero-order valence-corrected chi connectivity index (χ0v) is 6.76. The molecule has 0 unspecified atom stereocenters. The van der Waals surface area contributed by atoms with Crippen LogP contribution in [-0.2, 0) is 4.79 Å². The summed E-state index contributed by atoms with van der Waals surface area (Å²) in [6.07, 6.45) is 6.53. The number of hydrogen-bond donors (Lipinski definition) is 2. The van der Waals surface area contributed by atoms with Crippen molar-refractivity contribution in [2.45, 2.75) is 25.8 Å². The van der Waals surface area contributed by atoms with Crippen LogP contribution >= 0.6 is 0 Å². The van der Waals surface area contributed by atoms with Gasteiger partial charge in [0.05, 0.1) is 6.04 Å². The Morgan fingerprint density at radius 3 is 2.91 bits per heavy atom. The second-order valence-corrected chi connectivity index (χ2v) is 2.39. The highest BCUT2D eigenvalue weighted by molar-refractivity contribution is 5.80. The molecule has 0 spiro atoms. The molecule has 11 heavy (non-hydrogen) atoms. The van der Waals surface area contributed by atoms with E-state index in [1.165, 1.54) is 0 Å². The van der Waals surface area contributed by atoms with Gasteiger partial charge in [-0.25, -0.2) is 0 Å². The van der Waals surface area contributed by atoms with Crippen molar-refractivity contribution in [1.82, 2.24) is 5.32 Å². The number of hydrogen-bond acceptors (Lipinski definition) is 2. The predicted octanol–water partition coefficient (Wildman–Crippen LogP) is -0.137. The Morgan fingerprint density at radius 1 is 1.82 bits per heavy atom. The average Bonchev–Trinajstić information content (AvgIpc) is 1.97. The first-order valence-electron chi connectivity index (χ1n) is 3.65. The molecule has 0 saturated carbocycles. The maximum Gasteiger partial charge on any atom is 0.236 e. The highest BCUT2D eigenvalue weighted by atomic mass is 16.2. The Bertz CT molecular complexity index is 158. The minimum Gasteiger partial charge on any atom is -0.355 e. The SMILES string of the molecule is C#CCCCNC(=O)[C@@H](C)N. The van der Waals surface area contributed by atoms with Crippen LogP contribution in [0.3, 0.4) is 0 Å². The summed E-state index contributed by atoms with van der Waals surface area (Å²) in [5, 5.41) is 2.66. The molecule has 3 N–H and O–H groups in total. The molecule has 0 aromatic rings. The summed E-state index contributed by atoms with van der Waals surface area (Å²) in [7, 11) is 0. The Hall–Kier alpha value is -1.01. The molecule has 0 aliphatic heterocycles. The van der Waals surface area contributed by atoms with Crippen molar-refractivity contribution >= 4 is 5.91 Å². The molecule has 62 valence electrons. The lowest BCUT2D eigenvalue weighted by atomic mass is 10.3. The summed E-state index contributed by atoms with van der Waals surface area (Å²) >= 11 is 0. The predicted molar refractivity (Wildman–Crippen MR) is 44.7 cm³/mol. The van der Waals surface area contributed by atoms with E-state index in [9.17, 15) is 4.79 Å². The molecule has 0 radical (unpaired) electrons. The highest BCUT2D eigenvalue weighted by Gasteiger charge is 2.04. The fourth-order valence-corrected chi connectivity index (χ4v) is 0.563. The van der Waals surface area contributed by atoms with E-state index in [-0.39, 0.29) is 5.91 Å². The molecule has 3 heteroatoms. The molecule has 0 aliphatic carbocycles. The Labute approximate surface area is 67.3 Å². The van der Waals surface area contributed by atoms with Gasteiger partial charge in [0, 0.05) is 13.0 Å². The van der Waals surface area contributed by atoms with E-state index >= 15 is 0 Å². The zero-order chi connectivity index (χ0) is 8.69. The summed E-state index contributed by atoms with van der Waals surface area (Å²) < 4.78 is 0. The molecule has 0 heterocycles. The van der Waals surface area contributed by atoms with Crippen molar-refractivity contribution in [2.24, 2.45) is 5.73 Å². The molecule has 0 aliphatic rings. The maximum atomic E-state index is 10.8. The topological polar surface area (TPSA) is 55.1 Å². The molecular formula is C8H14N2O. The number of rotatable bonds is 4. The molecule has 3 nitrogen and oxygen atoms in total. The maximum absolute atomic E-state index is 10.8. The van der Waals surface area contributed by atoms with Gasteiger partial charge >= 0.3 is 0 Å². The van der Waals surface area contributed by atoms with Crippen molar-refractivity contribution in [3.63, 3.8) is 0 Å². The van der Waals surface area contributed by atoms with Crippen LogP contribution in [-0.4, -0.2) is 18.5 Å². The van der Waals surface area contributed by atoms with Gasteiger partial charge in [-0.3, -0.25) is 4.79 Å². The van der Waals surface area contributed by atoms with Crippen molar-refractivity contribution < 1.29 is 4.79 Å². The van der Waals surface area contributed by atoms with Crippen LogP contribution < -0.4 is 11.1 Å². The number of terminal acetylenes is 1. The molecule has 0 aromatic carbocycles. The summed E-state index contributed by atoms with van der Waals surface area (Å²) in [4.78, 5) is 10.8. The van der Waals surface area contributed by atoms with Crippen LogP contribution in [0.4, 0.5) is 0 Å². The lowest BCUT2D eigenvalue weighted by molar-refractivity contribution is -0.121. The van der Waals surface area contributed by atoms with Crippen molar-refractivity contribution in [1.29, 1.82) is 0 Å². The normalized spacial score (nSPS) is 11.7. The quantitative estimate of drug-likeness (QED) is 0.437. The first kappa shape index (κ1) is 9.99. The Balaban J connectivity index is 3.26. The summed E-state index contributed by atoms with van der Waals surface area (Å²) in [6.45, 7) is 2.26. The standard InChI is InChI=1S/C8H14N2O/c1-3-4-5-6-10-8(11)7(2)9/h1,7H,4-6,9H2,2H3,(H,10,11)/t7-/m1/s1. The number of nitrogens with two attached hydrogens (primary N) is 1. The fraction of sp³-hybridized carbons (Fsp3) is 0.625. The number of carbonyl (C=O) groups is 1. The molecule has 1 atom stereocenters. The van der Waals surface area contributed by atoms with Gasteiger partial charge in [0.2, 0.25) is 5.91 Å². The van der Waals surface area contributed by atoms with Crippen LogP contribution in [0.5, 0.6) is 0 Å². The van der Waals surface area contributed by atoms with E-state index in [0.29, 0.717) is 13.0 Å². The van der Waals surface area contributed by atoms with Crippen molar-refractivity contribution in [3.8, 4) is 12.3 Å². The first-order valence-corrected chi connectivity index (χ1v) is 3.65. The molecule has 0 fully saturated rings. The largest absolute Gasteiger partial charge is 0.355 e. The third-order valence-corrected chi connectivity index (χ3v) is 1.21. The van der Waals surface area contributed by atoms with E-state index in [0.717, 1.165) is 6.42 Å². The molecular weight excluding hydrogens is 140 g/mol. The third kappa shape index (κ3) is 5.43. The summed E-state index contributed by atoms with van der Waals surface area (Å²) in [6, 6.07) is -0.430. The minimum atomic E-state index is -0.430. The van der Waals surface area contributed by atoms with Gasteiger partial charge in [0.1, 0.15) is 0 Å². The van der Waals surface area contributed by atoms with Crippen molar-refractivity contribution in [2.75, 3.05) is 6.54 Å². The van der Waals surface area contributed by atoms with E-state index in [1.54, 1.807) is 6.92 Å². The van der Waals surface area contributed by atoms with E-state index in [2.05, 4.69) is 11.2 Å². The van der Waals surface area contributed by atoms with E-state index in [4.69, 9.17) is 12.2 Å². The molecule has 0 aromatic heterocycles. The Kier molecular flexibility index (Phi) is 5.22. The van der Waals surface area contributed by atoms with Gasteiger partial charge in [-0.1, -0.05) is 0 Å². The van der Waals surface area contributed by atoms with Gasteiger partial charge < -0.3 is 11.1 Å². The van der Waals surface area contributed by atoms with Crippen LogP contribution in [0.1, 0.15) is 19.8 Å². The molecule has 1 amide bonds. The molecule has 0 bridgehead atoms. The number of unbranched alkanes of at least 4 members (excludes halogenated alkanes) is 1. The lowest BCUT2D eigenvalue weighted by Gasteiger charge is -2.05. The van der Waals surface area contributed by atoms with Gasteiger partial charge in [-0.15, -0.1) is 12.3 Å². The zero-order valence-electron chi connectivity index (χ0n) is 6.76. The monoisotopic (exact) mass is 154 g/mol. The van der Waals surface area contributed by atoms with E-state index < -0.39 is 6.04 Å². The van der Waals surface area contributed by atoms with Crippen LogP contribution in [0.15, 0.2) is 0 Å². The average molecular weight is 154 g/mol. The van der Waals surface area contributed by atoms with Gasteiger partial charge in [0.25, 0.3) is 0 Å². The minimum absolute atomic E-state index is 0.123. The highest BCUT2D eigenvalue weighted by Crippen LogP contribution is 1.83. The summed E-state index contributed by atoms with van der Waals surface area (Å²) in [5.41, 5.74) is 5.30. The van der Waals surface area contributed by atoms with Crippen molar-refractivity contribution in [3.05, 3.63) is 0 Å². The summed E-state index contributed by atoms with van der Waals surface area (Å²) in [5.74, 6) is 2.36. The van der Waals surface area contributed by atoms with Gasteiger partial charge in [-0.05, 0) is 13.3 Å². The van der Waals surface area contributed by atoms with E-state index in [1.807, 2.05) is 0 Å². The van der Waals surface area contributed by atoms with Gasteiger partial charge in [0.15, 0.2) is 0 Å². The smallest absolute Gasteiger partial charge is 0.236 e. The molecule has 0 rings (SSSR count). The Morgan fingerprint density at radius 2 is 2.45 bits per heavy atom. The number of nitrogens with one attached hydrogen (secondary N) is 1. The second kappa shape index (κ2) is 5.75.